The molecule has 0 bridgehead atoms. The minimum absolute atomic E-state index is 0.0414. The summed E-state index contributed by atoms with van der Waals surface area (Å²) in [5.41, 5.74) is 6.27. The van der Waals surface area contributed by atoms with Gasteiger partial charge in [-0.25, -0.2) is 0 Å². The van der Waals surface area contributed by atoms with Gasteiger partial charge in [0, 0.05) is 6.04 Å². The molecule has 94 valence electrons. The second-order valence-corrected chi connectivity index (χ2v) is 4.76. The van der Waals surface area contributed by atoms with Gasteiger partial charge in [0.05, 0.1) is 17.6 Å². The van der Waals surface area contributed by atoms with Crippen LogP contribution in [-0.2, 0) is 4.79 Å². The molecule has 0 aromatic heterocycles. The lowest BCUT2D eigenvalue weighted by molar-refractivity contribution is -0.119. The topological polar surface area (TPSA) is 64.3 Å². The molecule has 3 N–H and O–H groups in total. The highest BCUT2D eigenvalue weighted by Crippen LogP contribution is 2.28. The Hall–Kier alpha value is -1.07. The van der Waals surface area contributed by atoms with Gasteiger partial charge in [-0.15, -0.1) is 0 Å². The van der Waals surface area contributed by atoms with Crippen molar-refractivity contribution >= 4 is 21.8 Å². The average molecular weight is 301 g/mol. The van der Waals surface area contributed by atoms with E-state index in [0.717, 1.165) is 15.8 Å². The summed E-state index contributed by atoms with van der Waals surface area (Å²) < 4.78 is 6.04. The first-order valence-electron chi connectivity index (χ1n) is 5.34. The first kappa shape index (κ1) is 14.0. The molecule has 2 atom stereocenters. The number of carbonyl (C=O) groups excluding carboxylic acids is 1. The van der Waals surface area contributed by atoms with Gasteiger partial charge in [-0.3, -0.25) is 10.1 Å². The Kier molecular flexibility index (Phi) is 4.96. The van der Waals surface area contributed by atoms with Crippen molar-refractivity contribution in [1.29, 1.82) is 0 Å². The van der Waals surface area contributed by atoms with Crippen molar-refractivity contribution in [3.63, 3.8) is 0 Å². The molecule has 0 fully saturated rings. The number of rotatable bonds is 5. The van der Waals surface area contributed by atoms with E-state index >= 15 is 0 Å². The lowest BCUT2D eigenvalue weighted by Crippen LogP contribution is -2.39. The first-order valence-corrected chi connectivity index (χ1v) is 6.13. The fraction of sp³-hybridized carbons (Fsp3) is 0.417. The van der Waals surface area contributed by atoms with Crippen LogP contribution in [0.3, 0.4) is 0 Å². The summed E-state index contributed by atoms with van der Waals surface area (Å²) in [7, 11) is 1.62. The van der Waals surface area contributed by atoms with Gasteiger partial charge in [0.15, 0.2) is 0 Å². The third kappa shape index (κ3) is 3.71. The Balaban J connectivity index is 2.79. The lowest BCUT2D eigenvalue weighted by atomic mass is 10.1. The molecule has 0 aliphatic rings. The smallest absolute Gasteiger partial charge is 0.234 e. The normalized spacial score (nSPS) is 14.1. The van der Waals surface area contributed by atoms with E-state index < -0.39 is 0 Å². The Morgan fingerprint density at radius 1 is 1.47 bits per heavy atom. The van der Waals surface area contributed by atoms with Crippen LogP contribution in [0, 0.1) is 0 Å². The highest BCUT2D eigenvalue weighted by molar-refractivity contribution is 9.10. The number of hydrogen-bond donors (Lipinski definition) is 2. The van der Waals surface area contributed by atoms with Crippen LogP contribution in [-0.4, -0.2) is 19.1 Å². The second kappa shape index (κ2) is 6.02. The number of halogens is 1. The van der Waals surface area contributed by atoms with Gasteiger partial charge in [-0.2, -0.15) is 0 Å². The molecule has 1 amide bonds. The van der Waals surface area contributed by atoms with Crippen LogP contribution in [0.1, 0.15) is 25.5 Å². The summed E-state index contributed by atoms with van der Waals surface area (Å²) in [5, 5.41) is 3.12. The Morgan fingerprint density at radius 3 is 2.59 bits per heavy atom. The third-order valence-corrected chi connectivity index (χ3v) is 3.22. The zero-order valence-electron chi connectivity index (χ0n) is 10.2. The Bertz CT molecular complexity index is 409. The molecule has 1 rings (SSSR count). The van der Waals surface area contributed by atoms with E-state index in [2.05, 4.69) is 21.2 Å². The van der Waals surface area contributed by atoms with Crippen LogP contribution in [0.4, 0.5) is 0 Å². The molecule has 17 heavy (non-hydrogen) atoms. The number of nitrogens with two attached hydrogens (primary N) is 1. The molecule has 0 aliphatic carbocycles. The van der Waals surface area contributed by atoms with E-state index in [1.165, 1.54) is 0 Å². The van der Waals surface area contributed by atoms with Gasteiger partial charge in [-0.1, -0.05) is 6.07 Å². The van der Waals surface area contributed by atoms with Crippen LogP contribution < -0.4 is 15.8 Å². The Labute approximate surface area is 110 Å². The molecule has 0 heterocycles. The summed E-state index contributed by atoms with van der Waals surface area (Å²) in [6.07, 6.45) is 0. The maximum absolute atomic E-state index is 11.0. The fourth-order valence-electron chi connectivity index (χ4n) is 1.51. The second-order valence-electron chi connectivity index (χ2n) is 3.91. The van der Waals surface area contributed by atoms with Gasteiger partial charge in [0.25, 0.3) is 0 Å². The van der Waals surface area contributed by atoms with E-state index in [1.807, 2.05) is 25.1 Å². The summed E-state index contributed by atoms with van der Waals surface area (Å²) in [6, 6.07) is 5.48. The van der Waals surface area contributed by atoms with Crippen LogP contribution in [0.2, 0.25) is 0 Å². The Morgan fingerprint density at radius 2 is 2.12 bits per heavy atom. The minimum Gasteiger partial charge on any atom is -0.496 e. The van der Waals surface area contributed by atoms with E-state index in [1.54, 1.807) is 14.0 Å². The predicted octanol–water partition coefficient (Wildman–Crippen LogP) is 1.98. The molecule has 0 aliphatic heterocycles. The molecular formula is C12H17BrN2O2. The van der Waals surface area contributed by atoms with E-state index in [-0.39, 0.29) is 18.0 Å². The van der Waals surface area contributed by atoms with Crippen molar-refractivity contribution in [3.8, 4) is 5.75 Å². The fourth-order valence-corrected chi connectivity index (χ4v) is 2.06. The number of hydrogen-bond acceptors (Lipinski definition) is 3. The van der Waals surface area contributed by atoms with Crippen LogP contribution >= 0.6 is 15.9 Å². The molecule has 1 aromatic carbocycles. The maximum atomic E-state index is 11.0. The lowest BCUT2D eigenvalue weighted by Gasteiger charge is -2.18. The summed E-state index contributed by atoms with van der Waals surface area (Å²) >= 11 is 3.43. The monoisotopic (exact) mass is 300 g/mol. The number of nitrogens with one attached hydrogen (secondary N) is 1. The number of benzene rings is 1. The van der Waals surface area contributed by atoms with Crippen molar-refractivity contribution < 1.29 is 9.53 Å². The number of ether oxygens (including phenoxy) is 1. The summed E-state index contributed by atoms with van der Waals surface area (Å²) in [4.78, 5) is 11.0. The summed E-state index contributed by atoms with van der Waals surface area (Å²) in [6.45, 7) is 3.73. The molecule has 0 saturated heterocycles. The van der Waals surface area contributed by atoms with Gasteiger partial charge < -0.3 is 10.5 Å². The molecule has 0 spiro atoms. The van der Waals surface area contributed by atoms with E-state index in [0.29, 0.717) is 0 Å². The van der Waals surface area contributed by atoms with Crippen molar-refractivity contribution in [2.75, 3.05) is 7.11 Å². The standard InChI is InChI=1S/C12H17BrN2O2/c1-7(15-8(2)12(14)16)9-4-5-11(17-3)10(13)6-9/h4-8,15H,1-3H3,(H2,14,16)/t7-,8+/m1/s1. The molecule has 0 radical (unpaired) electrons. The van der Waals surface area contributed by atoms with Crippen LogP contribution in [0.15, 0.2) is 22.7 Å². The van der Waals surface area contributed by atoms with Crippen molar-refractivity contribution in [1.82, 2.24) is 5.32 Å². The number of carbonyl (C=O) groups is 1. The van der Waals surface area contributed by atoms with E-state index in [9.17, 15) is 4.79 Å². The van der Waals surface area contributed by atoms with Crippen molar-refractivity contribution in [2.24, 2.45) is 5.73 Å². The molecule has 1 aromatic rings. The average Bonchev–Trinajstić information content (AvgIpc) is 2.28. The van der Waals surface area contributed by atoms with Crippen LogP contribution in [0.25, 0.3) is 0 Å². The van der Waals surface area contributed by atoms with Gasteiger partial charge in [-0.05, 0) is 47.5 Å². The molecule has 0 saturated carbocycles. The van der Waals surface area contributed by atoms with Crippen molar-refractivity contribution in [3.05, 3.63) is 28.2 Å². The predicted molar refractivity (Wildman–Crippen MR) is 70.9 cm³/mol. The van der Waals surface area contributed by atoms with Crippen LogP contribution in [0.5, 0.6) is 5.75 Å². The highest BCUT2D eigenvalue weighted by atomic mass is 79.9. The van der Waals surface area contributed by atoms with E-state index in [4.69, 9.17) is 10.5 Å². The summed E-state index contributed by atoms with van der Waals surface area (Å²) in [5.74, 6) is 0.424. The number of primary amides is 1. The minimum atomic E-state index is -0.357. The molecule has 4 nitrogen and oxygen atoms in total. The van der Waals surface area contributed by atoms with Gasteiger partial charge in [0.2, 0.25) is 5.91 Å². The quantitative estimate of drug-likeness (QED) is 0.874. The largest absolute Gasteiger partial charge is 0.496 e. The SMILES string of the molecule is COc1ccc([C@@H](C)N[C@@H](C)C(N)=O)cc1Br. The third-order valence-electron chi connectivity index (χ3n) is 2.60. The highest BCUT2D eigenvalue weighted by Gasteiger charge is 2.14. The molecule has 5 heteroatoms. The zero-order chi connectivity index (χ0) is 13.0. The van der Waals surface area contributed by atoms with Gasteiger partial charge >= 0.3 is 0 Å². The number of amides is 1. The van der Waals surface area contributed by atoms with Crippen molar-refractivity contribution in [2.45, 2.75) is 25.9 Å². The molecular weight excluding hydrogens is 284 g/mol. The first-order chi connectivity index (χ1) is 7.95. The number of methoxy groups -OCH3 is 1. The van der Waals surface area contributed by atoms with Gasteiger partial charge in [0.1, 0.15) is 5.75 Å². The molecule has 0 unspecified atom stereocenters. The zero-order valence-corrected chi connectivity index (χ0v) is 11.7. The maximum Gasteiger partial charge on any atom is 0.234 e.